The van der Waals surface area contributed by atoms with Gasteiger partial charge in [0.05, 0.1) is 29.1 Å². The maximum absolute atomic E-state index is 12.3. The molecular weight excluding hydrogens is 392 g/mol. The Bertz CT molecular complexity index is 1040. The molecule has 0 aliphatic carbocycles. The number of hydrogen-bond acceptors (Lipinski definition) is 5. The first-order valence-corrected chi connectivity index (χ1v) is 10.4. The van der Waals surface area contributed by atoms with E-state index in [4.69, 9.17) is 16.3 Å². The second-order valence-electron chi connectivity index (χ2n) is 6.61. The number of thiazole rings is 1. The van der Waals surface area contributed by atoms with Gasteiger partial charge in [-0.3, -0.25) is 4.99 Å². The molecule has 28 heavy (non-hydrogen) atoms. The lowest BCUT2D eigenvalue weighted by atomic mass is 9.93. The van der Waals surface area contributed by atoms with Crippen molar-refractivity contribution in [1.29, 1.82) is 0 Å². The number of carbonyl (C=O) groups is 1. The molecular formula is C22H19ClN2O2S. The van der Waals surface area contributed by atoms with Crippen LogP contribution in [0.25, 0.3) is 0 Å². The van der Waals surface area contributed by atoms with E-state index in [2.05, 4.69) is 16.0 Å². The van der Waals surface area contributed by atoms with Gasteiger partial charge in [0.25, 0.3) is 0 Å². The monoisotopic (exact) mass is 410 g/mol. The molecule has 2 heterocycles. The van der Waals surface area contributed by atoms with E-state index in [1.54, 1.807) is 23.5 Å². The minimum atomic E-state index is -0.317. The van der Waals surface area contributed by atoms with Crippen molar-refractivity contribution in [2.45, 2.75) is 19.8 Å². The van der Waals surface area contributed by atoms with Gasteiger partial charge in [-0.1, -0.05) is 29.8 Å². The van der Waals surface area contributed by atoms with Gasteiger partial charge in [-0.15, -0.1) is 11.3 Å². The summed E-state index contributed by atoms with van der Waals surface area (Å²) in [5.74, 6) is -0.317. The molecule has 4 nitrogen and oxygen atoms in total. The summed E-state index contributed by atoms with van der Waals surface area (Å²) in [6.45, 7) is 3.07. The van der Waals surface area contributed by atoms with Gasteiger partial charge in [-0.2, -0.15) is 0 Å². The summed E-state index contributed by atoms with van der Waals surface area (Å²) < 4.78 is 5.41. The predicted octanol–water partition coefficient (Wildman–Crippen LogP) is 4.90. The molecule has 0 fully saturated rings. The summed E-state index contributed by atoms with van der Waals surface area (Å²) in [5, 5.41) is 0.699. The summed E-state index contributed by atoms with van der Waals surface area (Å²) >= 11 is 7.76. The lowest BCUT2D eigenvalue weighted by Gasteiger charge is -2.17. The first-order valence-electron chi connectivity index (χ1n) is 9.11. The first kappa shape index (κ1) is 18.8. The predicted molar refractivity (Wildman–Crippen MR) is 113 cm³/mol. The van der Waals surface area contributed by atoms with Gasteiger partial charge in [0.15, 0.2) is 0 Å². The van der Waals surface area contributed by atoms with Crippen LogP contribution in [-0.2, 0) is 17.6 Å². The number of aromatic nitrogens is 1. The Morgan fingerprint density at radius 1 is 1.21 bits per heavy atom. The highest BCUT2D eigenvalue weighted by molar-refractivity contribution is 7.09. The van der Waals surface area contributed by atoms with Gasteiger partial charge in [-0.25, -0.2) is 9.78 Å². The maximum atomic E-state index is 12.3. The number of esters is 1. The van der Waals surface area contributed by atoms with E-state index < -0.39 is 0 Å². The van der Waals surface area contributed by atoms with Gasteiger partial charge >= 0.3 is 5.97 Å². The van der Waals surface area contributed by atoms with E-state index in [9.17, 15) is 4.79 Å². The average molecular weight is 411 g/mol. The molecule has 0 bridgehead atoms. The molecule has 0 saturated carbocycles. The van der Waals surface area contributed by atoms with Gasteiger partial charge in [0.1, 0.15) is 0 Å². The summed E-state index contributed by atoms with van der Waals surface area (Å²) in [7, 11) is 0. The third-order valence-electron chi connectivity index (χ3n) is 4.78. The number of rotatable bonds is 5. The Hall–Kier alpha value is -2.50. The molecule has 0 atom stereocenters. The smallest absolute Gasteiger partial charge is 0.338 e. The summed E-state index contributed by atoms with van der Waals surface area (Å²) in [5.41, 5.74) is 7.55. The Kier molecular flexibility index (Phi) is 5.55. The van der Waals surface area contributed by atoms with E-state index >= 15 is 0 Å². The second kappa shape index (κ2) is 8.25. The number of ether oxygens (including phenoxy) is 1. The molecule has 1 aliphatic heterocycles. The highest BCUT2D eigenvalue weighted by Crippen LogP contribution is 2.24. The van der Waals surface area contributed by atoms with Crippen molar-refractivity contribution in [2.75, 3.05) is 13.2 Å². The molecule has 0 amide bonds. The van der Waals surface area contributed by atoms with Crippen molar-refractivity contribution in [1.82, 2.24) is 4.98 Å². The number of aliphatic imine (C=N–C) groups is 1. The van der Waals surface area contributed by atoms with Gasteiger partial charge in [0.2, 0.25) is 0 Å². The molecule has 0 unspecified atom stereocenters. The van der Waals surface area contributed by atoms with Crippen LogP contribution >= 0.6 is 22.9 Å². The normalized spacial score (nSPS) is 13.0. The molecule has 4 rings (SSSR count). The number of halogens is 1. The Morgan fingerprint density at radius 3 is 2.79 bits per heavy atom. The summed E-state index contributed by atoms with van der Waals surface area (Å²) in [4.78, 5) is 22.3. The number of benzene rings is 2. The third kappa shape index (κ3) is 4.01. The van der Waals surface area contributed by atoms with E-state index in [-0.39, 0.29) is 5.97 Å². The lowest BCUT2D eigenvalue weighted by Crippen LogP contribution is -2.14. The van der Waals surface area contributed by atoms with Crippen LogP contribution in [0.3, 0.4) is 0 Å². The van der Waals surface area contributed by atoms with Crippen LogP contribution in [-0.4, -0.2) is 29.8 Å². The molecule has 0 saturated heterocycles. The van der Waals surface area contributed by atoms with Crippen LogP contribution in [0.2, 0.25) is 5.02 Å². The van der Waals surface area contributed by atoms with Crippen molar-refractivity contribution in [3.8, 4) is 0 Å². The fraction of sp³-hybridized carbons (Fsp3) is 0.227. The zero-order chi connectivity index (χ0) is 19.5. The van der Waals surface area contributed by atoms with Crippen molar-refractivity contribution < 1.29 is 9.53 Å². The largest absolute Gasteiger partial charge is 0.462 e. The minimum Gasteiger partial charge on any atom is -0.462 e. The van der Waals surface area contributed by atoms with Crippen LogP contribution in [0.1, 0.15) is 37.6 Å². The van der Waals surface area contributed by atoms with E-state index in [1.807, 2.05) is 36.7 Å². The zero-order valence-electron chi connectivity index (χ0n) is 15.4. The SMILES string of the molecule is Cc1ncsc1CCOC(=O)c1ccc(C2=NCCc3ccc(Cl)cc32)cc1. The van der Waals surface area contributed by atoms with Gasteiger partial charge in [0, 0.05) is 34.0 Å². The van der Waals surface area contributed by atoms with E-state index in [0.29, 0.717) is 23.6 Å². The van der Waals surface area contributed by atoms with Crippen LogP contribution in [0.15, 0.2) is 53.0 Å². The molecule has 1 aliphatic rings. The Balaban J connectivity index is 1.44. The number of fused-ring (bicyclic) bond motifs is 1. The van der Waals surface area contributed by atoms with Crippen molar-refractivity contribution >= 4 is 34.6 Å². The highest BCUT2D eigenvalue weighted by atomic mass is 35.5. The van der Waals surface area contributed by atoms with Crippen molar-refractivity contribution in [3.05, 3.63) is 85.8 Å². The standard InChI is InChI=1S/C22H19ClN2O2S/c1-14-20(28-13-25-14)9-11-27-22(26)17-4-2-16(3-5-17)21-19-12-18(23)7-6-15(19)8-10-24-21/h2-7,12-13H,8-11H2,1H3. The zero-order valence-corrected chi connectivity index (χ0v) is 17.0. The molecule has 0 spiro atoms. The topological polar surface area (TPSA) is 51.5 Å². The molecule has 0 radical (unpaired) electrons. The molecule has 0 N–H and O–H groups in total. The van der Waals surface area contributed by atoms with Crippen LogP contribution in [0.4, 0.5) is 0 Å². The average Bonchev–Trinajstić information content (AvgIpc) is 3.12. The van der Waals surface area contributed by atoms with Crippen molar-refractivity contribution in [2.24, 2.45) is 4.99 Å². The molecule has 6 heteroatoms. The lowest BCUT2D eigenvalue weighted by molar-refractivity contribution is 0.0510. The van der Waals surface area contributed by atoms with E-state index in [0.717, 1.165) is 40.4 Å². The first-order chi connectivity index (χ1) is 13.6. The van der Waals surface area contributed by atoms with E-state index in [1.165, 1.54) is 5.56 Å². The third-order valence-corrected chi connectivity index (χ3v) is 6.01. The van der Waals surface area contributed by atoms with Crippen LogP contribution in [0.5, 0.6) is 0 Å². The Labute approximate surface area is 172 Å². The number of hydrogen-bond donors (Lipinski definition) is 0. The van der Waals surface area contributed by atoms with Gasteiger partial charge < -0.3 is 4.74 Å². The van der Waals surface area contributed by atoms with Crippen LogP contribution < -0.4 is 0 Å². The summed E-state index contributed by atoms with van der Waals surface area (Å²) in [6.07, 6.45) is 1.61. The Morgan fingerprint density at radius 2 is 2.04 bits per heavy atom. The van der Waals surface area contributed by atoms with Crippen molar-refractivity contribution in [3.63, 3.8) is 0 Å². The highest BCUT2D eigenvalue weighted by Gasteiger charge is 2.17. The van der Waals surface area contributed by atoms with Gasteiger partial charge in [-0.05, 0) is 43.2 Å². The fourth-order valence-corrected chi connectivity index (χ4v) is 4.19. The maximum Gasteiger partial charge on any atom is 0.338 e. The number of carbonyl (C=O) groups excluding carboxylic acids is 1. The summed E-state index contributed by atoms with van der Waals surface area (Å²) in [6, 6.07) is 13.3. The quantitative estimate of drug-likeness (QED) is 0.562. The molecule has 1 aromatic heterocycles. The minimum absolute atomic E-state index is 0.317. The number of nitrogens with zero attached hydrogens (tertiary/aromatic N) is 2. The fourth-order valence-electron chi connectivity index (χ4n) is 3.26. The molecule has 142 valence electrons. The van der Waals surface area contributed by atoms with Crippen LogP contribution in [0, 0.1) is 6.92 Å². The molecule has 3 aromatic rings. The second-order valence-corrected chi connectivity index (χ2v) is 7.98. The molecule has 2 aromatic carbocycles. The number of aryl methyl sites for hydroxylation is 1.